The molecule has 25 heavy (non-hydrogen) atoms. The molecule has 0 saturated heterocycles. The molecule has 6 heteroatoms. The maximum Gasteiger partial charge on any atom is 0.193 e. The molecule has 0 aliphatic heterocycles. The molecule has 0 bridgehead atoms. The second kappa shape index (κ2) is 8.71. The van der Waals surface area contributed by atoms with Gasteiger partial charge < -0.3 is 13.7 Å². The molecule has 0 saturated carbocycles. The van der Waals surface area contributed by atoms with E-state index in [1.165, 1.54) is 0 Å². The lowest BCUT2D eigenvalue weighted by atomic mass is 10.2. The van der Waals surface area contributed by atoms with E-state index in [2.05, 4.69) is 38.3 Å². The van der Waals surface area contributed by atoms with Crippen molar-refractivity contribution in [1.82, 2.24) is 0 Å². The summed E-state index contributed by atoms with van der Waals surface area (Å²) in [6, 6.07) is 9.63. The summed E-state index contributed by atoms with van der Waals surface area (Å²) in [5, 5.41) is 0.0784. The summed E-state index contributed by atoms with van der Waals surface area (Å²) in [6.45, 7) is 17.0. The summed E-state index contributed by atoms with van der Waals surface area (Å²) in [6.07, 6.45) is 1.33. The molecule has 2 atom stereocenters. The highest BCUT2D eigenvalue weighted by Gasteiger charge is 2.39. The molecule has 0 aliphatic rings. The minimum atomic E-state index is -1.99. The molecule has 4 nitrogen and oxygen atoms in total. The van der Waals surface area contributed by atoms with Crippen molar-refractivity contribution < 1.29 is 13.7 Å². The third-order valence-corrected chi connectivity index (χ3v) is 10.1. The van der Waals surface area contributed by atoms with Gasteiger partial charge >= 0.3 is 0 Å². The van der Waals surface area contributed by atoms with Gasteiger partial charge in [0.15, 0.2) is 8.32 Å². The fourth-order valence-electron chi connectivity index (χ4n) is 1.64. The predicted octanol–water partition coefficient (Wildman–Crippen LogP) is 4.99. The van der Waals surface area contributed by atoms with E-state index in [1.807, 2.05) is 51.1 Å². The molecule has 0 spiro atoms. The van der Waals surface area contributed by atoms with Gasteiger partial charge in [-0.05, 0) is 51.0 Å². The Bertz CT molecular complexity index is 550. The van der Waals surface area contributed by atoms with Crippen LogP contribution in [0.2, 0.25) is 18.1 Å². The zero-order valence-electron chi connectivity index (χ0n) is 16.8. The minimum Gasteiger partial charge on any atom is -0.591 e. The lowest BCUT2D eigenvalue weighted by Crippen LogP contribution is -2.46. The van der Waals surface area contributed by atoms with Crippen LogP contribution in [0, 0.1) is 0 Å². The van der Waals surface area contributed by atoms with Crippen molar-refractivity contribution in [3.05, 3.63) is 30.3 Å². The molecule has 0 aromatic heterocycles. The minimum absolute atomic E-state index is 0.0784. The van der Waals surface area contributed by atoms with Crippen LogP contribution in [0.5, 0.6) is 5.75 Å². The summed E-state index contributed by atoms with van der Waals surface area (Å²) < 4.78 is 28.4. The highest BCUT2D eigenvalue weighted by atomic mass is 32.2. The van der Waals surface area contributed by atoms with Crippen molar-refractivity contribution in [2.24, 2.45) is 4.40 Å². The molecule has 142 valence electrons. The van der Waals surface area contributed by atoms with E-state index in [1.54, 1.807) is 6.21 Å². The average Bonchev–Trinajstić information content (AvgIpc) is 2.48. The fourth-order valence-corrected chi connectivity index (χ4v) is 3.44. The molecule has 1 rings (SSSR count). The SMILES string of the molecule is CC(C)(C)[S+]([O-])/N=C/[C@@H](COc1ccccc1)O[Si](C)(C)C(C)(C)C. The van der Waals surface area contributed by atoms with Gasteiger partial charge in [-0.25, -0.2) is 0 Å². The first-order valence-corrected chi connectivity index (χ1v) is 12.7. The van der Waals surface area contributed by atoms with E-state index in [9.17, 15) is 4.55 Å². The van der Waals surface area contributed by atoms with Gasteiger partial charge in [0.25, 0.3) is 0 Å². The number of rotatable bonds is 7. The Kier molecular flexibility index (Phi) is 7.74. The summed E-state index contributed by atoms with van der Waals surface area (Å²) in [5.41, 5.74) is 0. The third kappa shape index (κ3) is 7.52. The van der Waals surface area contributed by atoms with Crippen LogP contribution in [-0.2, 0) is 15.8 Å². The maximum absolute atomic E-state index is 12.2. The van der Waals surface area contributed by atoms with Gasteiger partial charge in [0.2, 0.25) is 0 Å². The zero-order valence-corrected chi connectivity index (χ0v) is 18.6. The van der Waals surface area contributed by atoms with Crippen molar-refractivity contribution in [3.8, 4) is 5.75 Å². The Morgan fingerprint density at radius 1 is 1.12 bits per heavy atom. The lowest BCUT2D eigenvalue weighted by molar-refractivity contribution is 0.166. The van der Waals surface area contributed by atoms with Crippen molar-refractivity contribution in [3.63, 3.8) is 0 Å². The van der Waals surface area contributed by atoms with Gasteiger partial charge in [-0.1, -0.05) is 43.4 Å². The Balaban J connectivity index is 2.88. The maximum atomic E-state index is 12.2. The second-order valence-electron chi connectivity index (χ2n) is 8.66. The van der Waals surface area contributed by atoms with Gasteiger partial charge in [-0.3, -0.25) is 0 Å². The molecule has 0 radical (unpaired) electrons. The smallest absolute Gasteiger partial charge is 0.193 e. The van der Waals surface area contributed by atoms with Crippen LogP contribution in [0.15, 0.2) is 34.7 Å². The Morgan fingerprint density at radius 2 is 1.68 bits per heavy atom. The number of nitrogens with zero attached hydrogens (tertiary/aromatic N) is 1. The monoisotopic (exact) mass is 383 g/mol. The molecule has 0 fully saturated rings. The molecular weight excluding hydrogens is 350 g/mol. The first-order valence-electron chi connectivity index (χ1n) is 8.65. The normalized spacial score (nSPS) is 16.0. The van der Waals surface area contributed by atoms with Gasteiger partial charge in [0.05, 0.1) is 6.21 Å². The van der Waals surface area contributed by atoms with E-state index in [0.717, 1.165) is 5.75 Å². The largest absolute Gasteiger partial charge is 0.591 e. The molecule has 1 aromatic carbocycles. The third-order valence-electron chi connectivity index (χ3n) is 4.26. The number of hydrogen-bond donors (Lipinski definition) is 0. The van der Waals surface area contributed by atoms with Gasteiger partial charge in [-0.15, -0.1) is 0 Å². The van der Waals surface area contributed by atoms with Crippen molar-refractivity contribution >= 4 is 25.9 Å². The quantitative estimate of drug-likeness (QED) is 0.379. The van der Waals surface area contributed by atoms with Crippen LogP contribution in [-0.4, -0.2) is 36.5 Å². The van der Waals surface area contributed by atoms with E-state index in [-0.39, 0.29) is 11.1 Å². The average molecular weight is 384 g/mol. The summed E-state index contributed by atoms with van der Waals surface area (Å²) in [4.78, 5) is 0. The van der Waals surface area contributed by atoms with Crippen LogP contribution < -0.4 is 4.74 Å². The molecule has 1 aromatic rings. The highest BCUT2D eigenvalue weighted by molar-refractivity contribution is 7.91. The lowest BCUT2D eigenvalue weighted by Gasteiger charge is -2.38. The Hall–Kier alpha value is -0.823. The Morgan fingerprint density at radius 3 is 2.16 bits per heavy atom. The molecule has 0 N–H and O–H groups in total. The molecule has 0 aliphatic carbocycles. The highest BCUT2D eigenvalue weighted by Crippen LogP contribution is 2.37. The van der Waals surface area contributed by atoms with Crippen LogP contribution >= 0.6 is 0 Å². The standard InChI is InChI=1S/C19H33NO3SSi/c1-18(2,3)24(21)20-14-17(23-25(7,8)19(4,5)6)15-22-16-12-10-9-11-13-16/h9-14,17H,15H2,1-8H3/b20-14+/t17-,24?/m0/s1. The van der Waals surface area contributed by atoms with E-state index in [0.29, 0.717) is 6.61 Å². The van der Waals surface area contributed by atoms with Crippen LogP contribution in [0.3, 0.4) is 0 Å². The van der Waals surface area contributed by atoms with E-state index < -0.39 is 24.4 Å². The second-order valence-corrected chi connectivity index (χ2v) is 15.3. The predicted molar refractivity (Wildman–Crippen MR) is 110 cm³/mol. The fraction of sp³-hybridized carbons (Fsp3) is 0.632. The molecular formula is C19H33NO3SSi. The summed E-state index contributed by atoms with van der Waals surface area (Å²) in [5.74, 6) is 0.789. The molecule has 1 unspecified atom stereocenters. The number of ether oxygens (including phenoxy) is 1. The topological polar surface area (TPSA) is 53.9 Å². The number of para-hydroxylation sites is 1. The number of benzene rings is 1. The van der Waals surface area contributed by atoms with Gasteiger partial charge in [-0.2, -0.15) is 0 Å². The van der Waals surface area contributed by atoms with Gasteiger partial charge in [0, 0.05) is 0 Å². The number of hydrogen-bond acceptors (Lipinski definition) is 4. The van der Waals surface area contributed by atoms with Crippen LogP contribution in [0.1, 0.15) is 41.5 Å². The van der Waals surface area contributed by atoms with Gasteiger partial charge in [0.1, 0.15) is 34.6 Å². The van der Waals surface area contributed by atoms with Crippen molar-refractivity contribution in [2.45, 2.75) is 70.5 Å². The van der Waals surface area contributed by atoms with E-state index in [4.69, 9.17) is 9.16 Å². The van der Waals surface area contributed by atoms with Crippen molar-refractivity contribution in [2.75, 3.05) is 6.61 Å². The molecule has 0 heterocycles. The first-order chi connectivity index (χ1) is 11.3. The van der Waals surface area contributed by atoms with Crippen molar-refractivity contribution in [1.29, 1.82) is 0 Å². The first kappa shape index (κ1) is 22.2. The Labute approximate surface area is 157 Å². The summed E-state index contributed by atoms with van der Waals surface area (Å²) in [7, 11) is -1.99. The van der Waals surface area contributed by atoms with Crippen LogP contribution in [0.25, 0.3) is 0 Å². The van der Waals surface area contributed by atoms with E-state index >= 15 is 0 Å². The summed E-state index contributed by atoms with van der Waals surface area (Å²) >= 11 is -1.31. The molecule has 0 amide bonds. The zero-order chi connectivity index (χ0) is 19.3. The van der Waals surface area contributed by atoms with Crippen LogP contribution in [0.4, 0.5) is 0 Å².